The molecule has 2 nitrogen and oxygen atoms in total. The Morgan fingerprint density at radius 2 is 2.16 bits per heavy atom. The van der Waals surface area contributed by atoms with E-state index in [1.54, 1.807) is 6.20 Å². The second kappa shape index (κ2) is 6.40. The number of halogens is 2. The first-order valence-electron chi connectivity index (χ1n) is 6.24. The monoisotopic (exact) mass is 338 g/mol. The maximum Gasteiger partial charge on any atom is 0.152 e. The standard InChI is InChI=1S/C15H16BrClN2/c1-3-13(11-5-4-6-12(16)8-11)19-14-7-10(2)9-18-15(14)17/h4-9,13,19H,3H2,1-2H3. The topological polar surface area (TPSA) is 24.9 Å². The molecule has 0 radical (unpaired) electrons. The number of pyridine rings is 1. The molecule has 2 rings (SSSR count). The van der Waals surface area contributed by atoms with Gasteiger partial charge in [0, 0.05) is 10.7 Å². The van der Waals surface area contributed by atoms with Crippen LogP contribution in [0.4, 0.5) is 5.69 Å². The fourth-order valence-corrected chi connectivity index (χ4v) is 2.56. The summed E-state index contributed by atoms with van der Waals surface area (Å²) in [6, 6.07) is 10.5. The minimum Gasteiger partial charge on any atom is -0.376 e. The largest absolute Gasteiger partial charge is 0.376 e. The van der Waals surface area contributed by atoms with Gasteiger partial charge in [0.2, 0.25) is 0 Å². The number of nitrogens with one attached hydrogen (secondary N) is 1. The van der Waals surface area contributed by atoms with Gasteiger partial charge in [-0.15, -0.1) is 0 Å². The number of rotatable bonds is 4. The Hall–Kier alpha value is -1.06. The lowest BCUT2D eigenvalue weighted by molar-refractivity contribution is 0.748. The van der Waals surface area contributed by atoms with E-state index < -0.39 is 0 Å². The Morgan fingerprint density at radius 3 is 2.84 bits per heavy atom. The van der Waals surface area contributed by atoms with Crippen LogP contribution in [0.15, 0.2) is 41.0 Å². The van der Waals surface area contributed by atoms with Crippen LogP contribution in [0, 0.1) is 6.92 Å². The Morgan fingerprint density at radius 1 is 1.37 bits per heavy atom. The number of anilines is 1. The lowest BCUT2D eigenvalue weighted by Gasteiger charge is -2.20. The summed E-state index contributed by atoms with van der Waals surface area (Å²) in [7, 11) is 0. The van der Waals surface area contributed by atoms with Crippen LogP contribution in [0.1, 0.15) is 30.5 Å². The summed E-state index contributed by atoms with van der Waals surface area (Å²) < 4.78 is 1.08. The number of aromatic nitrogens is 1. The average molecular weight is 340 g/mol. The van der Waals surface area contributed by atoms with Crippen molar-refractivity contribution in [2.75, 3.05) is 5.32 Å². The molecule has 0 aliphatic carbocycles. The summed E-state index contributed by atoms with van der Waals surface area (Å²) in [5, 5.41) is 3.98. The predicted octanol–water partition coefficient (Wildman–Crippen LogP) is 5.37. The minimum absolute atomic E-state index is 0.221. The van der Waals surface area contributed by atoms with Crippen LogP contribution in [-0.2, 0) is 0 Å². The second-order valence-electron chi connectivity index (χ2n) is 4.51. The van der Waals surface area contributed by atoms with Crippen molar-refractivity contribution in [2.45, 2.75) is 26.3 Å². The van der Waals surface area contributed by atoms with Crippen molar-refractivity contribution in [3.63, 3.8) is 0 Å². The molecule has 100 valence electrons. The van der Waals surface area contributed by atoms with Gasteiger partial charge in [0.25, 0.3) is 0 Å². The van der Waals surface area contributed by atoms with Crippen molar-refractivity contribution in [1.82, 2.24) is 4.98 Å². The molecule has 0 bridgehead atoms. The van der Waals surface area contributed by atoms with E-state index in [-0.39, 0.29) is 6.04 Å². The molecule has 1 unspecified atom stereocenters. The van der Waals surface area contributed by atoms with Gasteiger partial charge in [0.15, 0.2) is 5.15 Å². The summed E-state index contributed by atoms with van der Waals surface area (Å²) >= 11 is 9.64. The van der Waals surface area contributed by atoms with Gasteiger partial charge in [-0.2, -0.15) is 0 Å². The van der Waals surface area contributed by atoms with E-state index in [1.807, 2.05) is 25.1 Å². The summed E-state index contributed by atoms with van der Waals surface area (Å²) in [6.07, 6.45) is 2.74. The summed E-state index contributed by atoms with van der Waals surface area (Å²) in [5.41, 5.74) is 3.21. The van der Waals surface area contributed by atoms with Crippen LogP contribution in [0.5, 0.6) is 0 Å². The lowest BCUT2D eigenvalue weighted by Crippen LogP contribution is -2.10. The maximum atomic E-state index is 6.13. The summed E-state index contributed by atoms with van der Waals surface area (Å²) in [6.45, 7) is 4.16. The van der Waals surface area contributed by atoms with E-state index >= 15 is 0 Å². The van der Waals surface area contributed by atoms with Gasteiger partial charge in [-0.25, -0.2) is 4.98 Å². The van der Waals surface area contributed by atoms with Gasteiger partial charge >= 0.3 is 0 Å². The molecular weight excluding hydrogens is 324 g/mol. The third-order valence-corrected chi connectivity index (χ3v) is 3.76. The molecule has 0 aliphatic heterocycles. The molecule has 0 saturated carbocycles. The Balaban J connectivity index is 2.26. The van der Waals surface area contributed by atoms with E-state index in [0.29, 0.717) is 5.15 Å². The third kappa shape index (κ3) is 3.71. The molecule has 0 spiro atoms. The van der Waals surface area contributed by atoms with Crippen LogP contribution in [0.25, 0.3) is 0 Å². The van der Waals surface area contributed by atoms with E-state index in [0.717, 1.165) is 22.1 Å². The van der Waals surface area contributed by atoms with Gasteiger partial charge in [-0.05, 0) is 42.7 Å². The number of hydrogen-bond acceptors (Lipinski definition) is 2. The number of aryl methyl sites for hydroxylation is 1. The molecular formula is C15H16BrClN2. The normalized spacial score (nSPS) is 12.2. The zero-order valence-corrected chi connectivity index (χ0v) is 13.3. The molecule has 0 saturated heterocycles. The Bertz CT molecular complexity index is 572. The number of nitrogens with zero attached hydrogens (tertiary/aromatic N) is 1. The van der Waals surface area contributed by atoms with E-state index in [1.165, 1.54) is 5.56 Å². The van der Waals surface area contributed by atoms with Gasteiger partial charge in [0.1, 0.15) is 0 Å². The number of hydrogen-bond donors (Lipinski definition) is 1. The molecule has 0 fully saturated rings. The quantitative estimate of drug-likeness (QED) is 0.758. The van der Waals surface area contributed by atoms with E-state index in [2.05, 4.69) is 45.3 Å². The highest BCUT2D eigenvalue weighted by Crippen LogP contribution is 2.28. The summed E-state index contributed by atoms with van der Waals surface area (Å²) in [4.78, 5) is 4.17. The zero-order chi connectivity index (χ0) is 13.8. The van der Waals surface area contributed by atoms with Crippen LogP contribution in [0.3, 0.4) is 0 Å². The molecule has 1 aromatic carbocycles. The summed E-state index contributed by atoms with van der Waals surface area (Å²) in [5.74, 6) is 0. The molecule has 0 aliphatic rings. The molecule has 19 heavy (non-hydrogen) atoms. The van der Waals surface area contributed by atoms with Gasteiger partial charge in [0.05, 0.1) is 11.7 Å². The first kappa shape index (κ1) is 14.4. The molecule has 4 heteroatoms. The van der Waals surface area contributed by atoms with Gasteiger partial charge in [-0.1, -0.05) is 46.6 Å². The van der Waals surface area contributed by atoms with Crippen molar-refractivity contribution in [3.05, 3.63) is 57.3 Å². The van der Waals surface area contributed by atoms with Crippen molar-refractivity contribution >= 4 is 33.2 Å². The van der Waals surface area contributed by atoms with Crippen molar-refractivity contribution in [1.29, 1.82) is 0 Å². The Labute approximate surface area is 127 Å². The van der Waals surface area contributed by atoms with E-state index in [4.69, 9.17) is 11.6 Å². The van der Waals surface area contributed by atoms with Gasteiger partial charge < -0.3 is 5.32 Å². The van der Waals surface area contributed by atoms with E-state index in [9.17, 15) is 0 Å². The molecule has 1 aromatic heterocycles. The first-order valence-corrected chi connectivity index (χ1v) is 7.41. The lowest BCUT2D eigenvalue weighted by atomic mass is 10.0. The average Bonchev–Trinajstić information content (AvgIpc) is 2.39. The Kier molecular flexibility index (Phi) is 4.83. The van der Waals surface area contributed by atoms with Gasteiger partial charge in [-0.3, -0.25) is 0 Å². The number of benzene rings is 1. The van der Waals surface area contributed by atoms with Crippen LogP contribution < -0.4 is 5.32 Å². The fourth-order valence-electron chi connectivity index (χ4n) is 1.99. The molecule has 0 amide bonds. The second-order valence-corrected chi connectivity index (χ2v) is 5.78. The molecule has 2 aromatic rings. The van der Waals surface area contributed by atoms with Crippen LogP contribution in [-0.4, -0.2) is 4.98 Å². The molecule has 1 atom stereocenters. The smallest absolute Gasteiger partial charge is 0.152 e. The third-order valence-electron chi connectivity index (χ3n) is 2.96. The predicted molar refractivity (Wildman–Crippen MR) is 84.8 cm³/mol. The SMILES string of the molecule is CCC(Nc1cc(C)cnc1Cl)c1cccc(Br)c1. The highest BCUT2D eigenvalue weighted by Gasteiger charge is 2.12. The highest BCUT2D eigenvalue weighted by atomic mass is 79.9. The fraction of sp³-hybridized carbons (Fsp3) is 0.267. The molecule has 1 N–H and O–H groups in total. The minimum atomic E-state index is 0.221. The highest BCUT2D eigenvalue weighted by molar-refractivity contribution is 9.10. The van der Waals surface area contributed by atoms with Crippen molar-refractivity contribution in [2.24, 2.45) is 0 Å². The molecule has 1 heterocycles. The van der Waals surface area contributed by atoms with Crippen LogP contribution in [0.2, 0.25) is 5.15 Å². The maximum absolute atomic E-state index is 6.13. The zero-order valence-electron chi connectivity index (χ0n) is 11.0. The first-order chi connectivity index (χ1) is 9.10. The van der Waals surface area contributed by atoms with Crippen molar-refractivity contribution < 1.29 is 0 Å². The van der Waals surface area contributed by atoms with Crippen molar-refractivity contribution in [3.8, 4) is 0 Å². The van der Waals surface area contributed by atoms with Crippen LogP contribution >= 0.6 is 27.5 Å².